The van der Waals surface area contributed by atoms with Gasteiger partial charge in [0.25, 0.3) is 0 Å². The molecule has 2 aliphatic heterocycles. The topological polar surface area (TPSA) is 118 Å². The Morgan fingerprint density at radius 2 is 2.03 bits per heavy atom. The average Bonchev–Trinajstić information content (AvgIpc) is 3.39. The maximum atomic E-state index is 14.6. The lowest BCUT2D eigenvalue weighted by Gasteiger charge is -2.34. The molecule has 3 atom stereocenters. The van der Waals surface area contributed by atoms with E-state index < -0.39 is 17.0 Å². The van der Waals surface area contributed by atoms with Gasteiger partial charge in [-0.05, 0) is 17.7 Å². The summed E-state index contributed by atoms with van der Waals surface area (Å²) in [5.41, 5.74) is 8.02. The minimum Gasteiger partial charge on any atom is -0.395 e. The lowest BCUT2D eigenvalue weighted by molar-refractivity contribution is 0.305. The third kappa shape index (κ3) is 4.08. The van der Waals surface area contributed by atoms with Crippen molar-refractivity contribution in [1.82, 2.24) is 19.7 Å². The van der Waals surface area contributed by atoms with Crippen LogP contribution in [0.15, 0.2) is 52.7 Å². The summed E-state index contributed by atoms with van der Waals surface area (Å²) >= 11 is 0. The van der Waals surface area contributed by atoms with E-state index in [1.165, 1.54) is 11.0 Å². The van der Waals surface area contributed by atoms with Gasteiger partial charge in [-0.25, -0.2) is 13.8 Å². The van der Waals surface area contributed by atoms with Crippen molar-refractivity contribution in [3.05, 3.63) is 65.6 Å². The van der Waals surface area contributed by atoms with Gasteiger partial charge in [0.05, 0.1) is 24.2 Å². The molecule has 2 aliphatic rings. The normalized spacial score (nSPS) is 22.8. The molecular formula is C24H24F2N8O. The van der Waals surface area contributed by atoms with Crippen LogP contribution < -0.4 is 10.6 Å². The minimum atomic E-state index is -0.780. The summed E-state index contributed by atoms with van der Waals surface area (Å²) in [6, 6.07) is 4.92. The molecule has 9 nitrogen and oxygen atoms in total. The van der Waals surface area contributed by atoms with Crippen LogP contribution >= 0.6 is 0 Å². The van der Waals surface area contributed by atoms with E-state index in [2.05, 4.69) is 31.1 Å². The van der Waals surface area contributed by atoms with E-state index in [1.54, 1.807) is 29.4 Å². The van der Waals surface area contributed by atoms with Crippen LogP contribution in [0.25, 0.3) is 5.57 Å². The van der Waals surface area contributed by atoms with E-state index in [1.807, 2.05) is 20.2 Å². The number of fused-ring (bicyclic) bond motifs is 1. The van der Waals surface area contributed by atoms with Gasteiger partial charge < -0.3 is 15.7 Å². The van der Waals surface area contributed by atoms with E-state index in [0.717, 1.165) is 23.3 Å². The number of aliphatic hydroxyl groups excluding tert-OH is 1. The van der Waals surface area contributed by atoms with Crippen molar-refractivity contribution in [2.45, 2.75) is 19.0 Å². The Labute approximate surface area is 200 Å². The van der Waals surface area contributed by atoms with E-state index in [-0.39, 0.29) is 42.7 Å². The van der Waals surface area contributed by atoms with Crippen LogP contribution in [0, 0.1) is 17.0 Å². The molecule has 4 heterocycles. The van der Waals surface area contributed by atoms with Gasteiger partial charge in [-0.3, -0.25) is 14.7 Å². The Balaban J connectivity index is 1.55. The highest BCUT2D eigenvalue weighted by Crippen LogP contribution is 2.48. The Morgan fingerprint density at radius 3 is 2.74 bits per heavy atom. The van der Waals surface area contributed by atoms with Gasteiger partial charge in [0.1, 0.15) is 23.6 Å². The van der Waals surface area contributed by atoms with Gasteiger partial charge in [0.2, 0.25) is 5.95 Å². The van der Waals surface area contributed by atoms with Crippen molar-refractivity contribution < 1.29 is 13.9 Å². The summed E-state index contributed by atoms with van der Waals surface area (Å²) in [5.74, 6) is -1.51. The van der Waals surface area contributed by atoms with Crippen LogP contribution in [0.2, 0.25) is 0 Å². The number of hydrogen-bond acceptors (Lipinski definition) is 8. The first-order chi connectivity index (χ1) is 16.8. The molecule has 1 aromatic carbocycles. The Morgan fingerprint density at radius 1 is 1.20 bits per heavy atom. The van der Waals surface area contributed by atoms with Crippen molar-refractivity contribution in [1.29, 1.82) is 0 Å². The Hall–Kier alpha value is -3.99. The number of allylic oxidation sites excluding steroid dienone is 1. The van der Waals surface area contributed by atoms with E-state index >= 15 is 0 Å². The summed E-state index contributed by atoms with van der Waals surface area (Å²) in [6.07, 6.45) is 9.06. The van der Waals surface area contributed by atoms with Crippen molar-refractivity contribution >= 4 is 35.5 Å². The number of anilines is 3. The summed E-state index contributed by atoms with van der Waals surface area (Å²) in [5, 5.41) is 13.9. The lowest BCUT2D eigenvalue weighted by atomic mass is 9.73. The number of nitrogen functional groups attached to an aromatic ring is 1. The molecule has 0 saturated carbocycles. The van der Waals surface area contributed by atoms with E-state index in [0.29, 0.717) is 5.69 Å². The van der Waals surface area contributed by atoms with Gasteiger partial charge in [-0.2, -0.15) is 10.1 Å². The molecule has 3 N–H and O–H groups in total. The standard InChI is InChI=1S/C24H24F2N8O/c1-24-9-14(15-11-30-33(2)13-15)10-28-22(24)29-12-17(24)19-8-21(32-23(27)31-19)34(5-6-35)20-4-3-16(25)7-18(20)26/h3-4,7-13,17,22,35H,5-6H2,1-2H3,(H2,27,31,32). The SMILES string of the molecule is Cn1cc(C2=CC3(C)C(N=C2)N=CC3c2cc(N(CCO)c3ccc(F)cc3F)nc(N)n2)cn1. The van der Waals surface area contributed by atoms with Gasteiger partial charge in [-0.1, -0.05) is 13.0 Å². The molecule has 0 bridgehead atoms. The molecule has 0 fully saturated rings. The van der Waals surface area contributed by atoms with Crippen LogP contribution in [0.4, 0.5) is 26.2 Å². The summed E-state index contributed by atoms with van der Waals surface area (Å²) < 4.78 is 29.8. The zero-order valence-electron chi connectivity index (χ0n) is 19.2. The van der Waals surface area contributed by atoms with Crippen molar-refractivity contribution in [2.24, 2.45) is 22.4 Å². The molecule has 11 heteroatoms. The van der Waals surface area contributed by atoms with Crippen LogP contribution in [-0.4, -0.2) is 56.6 Å². The number of aromatic nitrogens is 4. The lowest BCUT2D eigenvalue weighted by Crippen LogP contribution is -2.33. The number of nitrogens with zero attached hydrogens (tertiary/aromatic N) is 7. The highest BCUT2D eigenvalue weighted by atomic mass is 19.1. The van der Waals surface area contributed by atoms with Crippen LogP contribution in [0.3, 0.4) is 0 Å². The summed E-state index contributed by atoms with van der Waals surface area (Å²) in [7, 11) is 1.85. The maximum absolute atomic E-state index is 14.6. The highest BCUT2D eigenvalue weighted by Gasteiger charge is 2.46. The van der Waals surface area contributed by atoms with Crippen LogP contribution in [0.5, 0.6) is 0 Å². The fourth-order valence-corrected chi connectivity index (χ4v) is 4.59. The van der Waals surface area contributed by atoms with Gasteiger partial charge in [-0.15, -0.1) is 0 Å². The summed E-state index contributed by atoms with van der Waals surface area (Å²) in [4.78, 5) is 19.4. The number of nitrogens with two attached hydrogens (primary N) is 1. The highest BCUT2D eigenvalue weighted by molar-refractivity contribution is 6.11. The number of hydrogen-bond donors (Lipinski definition) is 2. The Kier molecular flexibility index (Phi) is 5.64. The molecule has 5 rings (SSSR count). The molecule has 0 radical (unpaired) electrons. The third-order valence-electron chi connectivity index (χ3n) is 6.33. The van der Waals surface area contributed by atoms with Crippen molar-refractivity contribution in [3.63, 3.8) is 0 Å². The predicted molar refractivity (Wildman–Crippen MR) is 130 cm³/mol. The number of aliphatic imine (C=N–C) groups is 2. The number of aliphatic hydroxyl groups is 1. The first-order valence-corrected chi connectivity index (χ1v) is 11.0. The average molecular weight is 479 g/mol. The number of rotatable bonds is 6. The smallest absolute Gasteiger partial charge is 0.222 e. The largest absolute Gasteiger partial charge is 0.395 e. The summed E-state index contributed by atoms with van der Waals surface area (Å²) in [6.45, 7) is 1.78. The molecule has 35 heavy (non-hydrogen) atoms. The molecule has 2 aromatic heterocycles. The fraction of sp³-hybridized carbons (Fsp3) is 0.292. The van der Waals surface area contributed by atoms with Crippen molar-refractivity contribution in [3.8, 4) is 0 Å². The number of aryl methyl sites for hydroxylation is 1. The number of halogens is 2. The minimum absolute atomic E-state index is 0.0146. The first-order valence-electron chi connectivity index (χ1n) is 11.0. The second-order valence-electron chi connectivity index (χ2n) is 8.78. The number of dihydropyridines is 1. The number of benzene rings is 1. The zero-order valence-corrected chi connectivity index (χ0v) is 19.2. The molecule has 180 valence electrons. The third-order valence-corrected chi connectivity index (χ3v) is 6.33. The second-order valence-corrected chi connectivity index (χ2v) is 8.78. The van der Waals surface area contributed by atoms with Crippen LogP contribution in [0.1, 0.15) is 24.1 Å². The van der Waals surface area contributed by atoms with Gasteiger partial charge in [0, 0.05) is 61.2 Å². The molecule has 0 spiro atoms. The predicted octanol–water partition coefficient (Wildman–Crippen LogP) is 2.87. The van der Waals surface area contributed by atoms with Crippen LogP contribution in [-0.2, 0) is 7.05 Å². The van der Waals surface area contributed by atoms with Gasteiger partial charge in [0.15, 0.2) is 0 Å². The second kappa shape index (κ2) is 8.66. The van der Waals surface area contributed by atoms with E-state index in [9.17, 15) is 13.9 Å². The first kappa shape index (κ1) is 22.8. The molecule has 3 unspecified atom stereocenters. The maximum Gasteiger partial charge on any atom is 0.222 e. The van der Waals surface area contributed by atoms with E-state index in [4.69, 9.17) is 5.73 Å². The molecule has 0 amide bonds. The zero-order chi connectivity index (χ0) is 24.7. The monoisotopic (exact) mass is 478 g/mol. The van der Waals surface area contributed by atoms with Crippen molar-refractivity contribution in [2.75, 3.05) is 23.8 Å². The van der Waals surface area contributed by atoms with Gasteiger partial charge >= 0.3 is 0 Å². The molecule has 0 saturated heterocycles. The molecular weight excluding hydrogens is 454 g/mol. The Bertz CT molecular complexity index is 1370. The molecule has 3 aromatic rings. The quantitative estimate of drug-likeness (QED) is 0.563. The molecule has 0 aliphatic carbocycles. The fourth-order valence-electron chi connectivity index (χ4n) is 4.59.